The third-order valence-corrected chi connectivity index (χ3v) is 7.22. The van der Waals surface area contributed by atoms with Gasteiger partial charge in [0.2, 0.25) is 11.2 Å². The maximum Gasteiger partial charge on any atom is 0.251 e. The molecule has 7 heteroatoms. The Balaban J connectivity index is 1.96. The second-order valence-corrected chi connectivity index (χ2v) is 10.4. The largest absolute Gasteiger partial charge is 0.504 e. The summed E-state index contributed by atoms with van der Waals surface area (Å²) in [6.45, 7) is 5.51. The van der Waals surface area contributed by atoms with Crippen molar-refractivity contribution in [2.45, 2.75) is 27.2 Å². The highest BCUT2D eigenvalue weighted by Crippen LogP contribution is 2.47. The van der Waals surface area contributed by atoms with Gasteiger partial charge in [-0.15, -0.1) is 0 Å². The van der Waals surface area contributed by atoms with Crippen LogP contribution in [0.4, 0.5) is 0 Å². The summed E-state index contributed by atoms with van der Waals surface area (Å²) in [5, 5.41) is 34.6. The molecular formula is C34H31NO6. The maximum atomic E-state index is 14.3. The lowest BCUT2D eigenvalue weighted by Crippen LogP contribution is -2.19. The first kappa shape index (κ1) is 27.5. The van der Waals surface area contributed by atoms with Gasteiger partial charge in [-0.05, 0) is 47.6 Å². The molecular weight excluding hydrogens is 518 g/mol. The van der Waals surface area contributed by atoms with Gasteiger partial charge in [0.25, 0.3) is 5.91 Å². The number of amides is 1. The molecule has 0 atom stereocenters. The summed E-state index contributed by atoms with van der Waals surface area (Å²) in [6.07, 6.45) is 0.312. The zero-order chi connectivity index (χ0) is 29.4. The smallest absolute Gasteiger partial charge is 0.251 e. The number of aromatic hydroxyl groups is 3. The third kappa shape index (κ3) is 4.69. The first-order chi connectivity index (χ1) is 19.6. The first-order valence-corrected chi connectivity index (χ1v) is 13.4. The summed E-state index contributed by atoms with van der Waals surface area (Å²) in [4.78, 5) is 27.4. The Labute approximate surface area is 237 Å². The van der Waals surface area contributed by atoms with Crippen LogP contribution in [0, 0.1) is 12.8 Å². The van der Waals surface area contributed by atoms with E-state index in [9.17, 15) is 24.9 Å². The van der Waals surface area contributed by atoms with Crippen LogP contribution >= 0.6 is 0 Å². The molecule has 41 heavy (non-hydrogen) atoms. The van der Waals surface area contributed by atoms with Crippen LogP contribution in [0.15, 0.2) is 82.0 Å². The molecule has 5 aromatic rings. The van der Waals surface area contributed by atoms with Gasteiger partial charge < -0.3 is 25.1 Å². The molecule has 1 aromatic heterocycles. The Morgan fingerprint density at radius 3 is 1.95 bits per heavy atom. The summed E-state index contributed by atoms with van der Waals surface area (Å²) in [5.74, 6) is -1.98. The Hall–Kier alpha value is -5.04. The molecule has 0 spiro atoms. The van der Waals surface area contributed by atoms with Crippen molar-refractivity contribution in [2.75, 3.05) is 7.05 Å². The summed E-state index contributed by atoms with van der Waals surface area (Å²) in [6, 6.07) is 22.3. The number of phenolic OH excluding ortho intramolecular Hbond substituents is 3. The molecule has 0 fully saturated rings. The molecule has 0 unspecified atom stereocenters. The molecule has 0 bridgehead atoms. The van der Waals surface area contributed by atoms with Crippen molar-refractivity contribution in [1.82, 2.24) is 5.32 Å². The zero-order valence-electron chi connectivity index (χ0n) is 23.3. The average molecular weight is 550 g/mol. The number of phenols is 3. The fourth-order valence-corrected chi connectivity index (χ4v) is 5.41. The summed E-state index contributed by atoms with van der Waals surface area (Å²) in [7, 11) is 1.56. The van der Waals surface area contributed by atoms with E-state index in [0.29, 0.717) is 28.7 Å². The van der Waals surface area contributed by atoms with Crippen molar-refractivity contribution < 1.29 is 24.5 Å². The highest BCUT2D eigenvalue weighted by molar-refractivity contribution is 6.08. The Bertz CT molecular complexity index is 1840. The number of nitrogens with one attached hydrogen (secondary N) is 1. The molecule has 0 saturated heterocycles. The van der Waals surface area contributed by atoms with Crippen molar-refractivity contribution >= 4 is 16.9 Å². The van der Waals surface area contributed by atoms with Gasteiger partial charge in [0.05, 0.1) is 5.56 Å². The number of fused-ring (bicyclic) bond motifs is 1. The van der Waals surface area contributed by atoms with Crippen molar-refractivity contribution in [1.29, 1.82) is 0 Å². The normalized spacial score (nSPS) is 11.2. The van der Waals surface area contributed by atoms with Gasteiger partial charge in [-0.2, -0.15) is 0 Å². The van der Waals surface area contributed by atoms with Crippen molar-refractivity contribution in [3.63, 3.8) is 0 Å². The van der Waals surface area contributed by atoms with Gasteiger partial charge in [0, 0.05) is 23.7 Å². The second kappa shape index (κ2) is 10.8. The third-order valence-electron chi connectivity index (χ3n) is 7.22. The number of benzene rings is 4. The molecule has 0 aliphatic heterocycles. The van der Waals surface area contributed by atoms with Crippen LogP contribution in [0.3, 0.4) is 0 Å². The average Bonchev–Trinajstić information content (AvgIpc) is 2.98. The van der Waals surface area contributed by atoms with E-state index < -0.39 is 22.7 Å². The van der Waals surface area contributed by atoms with Crippen LogP contribution in [0.2, 0.25) is 0 Å². The predicted molar refractivity (Wildman–Crippen MR) is 160 cm³/mol. The molecule has 0 aliphatic rings. The summed E-state index contributed by atoms with van der Waals surface area (Å²) in [5.41, 5.74) is 3.62. The molecule has 0 saturated carbocycles. The van der Waals surface area contributed by atoms with Gasteiger partial charge in [0.1, 0.15) is 16.7 Å². The molecule has 0 aliphatic carbocycles. The number of rotatable bonds is 6. The first-order valence-electron chi connectivity index (χ1n) is 13.4. The summed E-state index contributed by atoms with van der Waals surface area (Å²) >= 11 is 0. The molecule has 4 aromatic carbocycles. The lowest BCUT2D eigenvalue weighted by atomic mass is 9.84. The number of carbonyl (C=O) groups excluding carboxylic acids is 1. The topological polar surface area (TPSA) is 120 Å². The summed E-state index contributed by atoms with van der Waals surface area (Å²) < 4.78 is 6.20. The maximum absolute atomic E-state index is 14.3. The molecule has 7 nitrogen and oxygen atoms in total. The molecule has 1 heterocycles. The van der Waals surface area contributed by atoms with Gasteiger partial charge in [-0.3, -0.25) is 9.59 Å². The highest BCUT2D eigenvalue weighted by atomic mass is 16.3. The van der Waals surface area contributed by atoms with Crippen LogP contribution in [0.5, 0.6) is 17.2 Å². The van der Waals surface area contributed by atoms with Crippen molar-refractivity contribution in [2.24, 2.45) is 5.92 Å². The lowest BCUT2D eigenvalue weighted by Gasteiger charge is -2.21. The van der Waals surface area contributed by atoms with Crippen LogP contribution < -0.4 is 10.7 Å². The standard InChI is InChI=1S/C34H31NO6/c1-18(2)17-24-29(36)32(39)31(38)28-30(37)25(19(3)41-33(24)28)22-15-16-23(34(40)35-4)27(21-13-9-6-10-14-21)26(22)20-11-7-5-8-12-20/h5-16,18,36,38-39H,17H2,1-4H3,(H,35,40). The van der Waals surface area contributed by atoms with Gasteiger partial charge in [0.15, 0.2) is 11.5 Å². The van der Waals surface area contributed by atoms with Crippen molar-refractivity contribution in [3.8, 4) is 50.6 Å². The minimum absolute atomic E-state index is 0.0317. The predicted octanol–water partition coefficient (Wildman–Crippen LogP) is 6.78. The van der Waals surface area contributed by atoms with Gasteiger partial charge in [-0.25, -0.2) is 0 Å². The van der Waals surface area contributed by atoms with E-state index in [1.165, 1.54) is 0 Å². The molecule has 5 rings (SSSR count). The van der Waals surface area contributed by atoms with Crippen molar-refractivity contribution in [3.05, 3.63) is 99.9 Å². The SMILES string of the molecule is CNC(=O)c1ccc(-c2c(C)oc3c(CC(C)C)c(O)c(O)c(O)c3c2=O)c(-c2ccccc2)c1-c1ccccc1. The van der Waals surface area contributed by atoms with Gasteiger partial charge in [-0.1, -0.05) is 80.6 Å². The van der Waals surface area contributed by atoms with Crippen LogP contribution in [0.25, 0.3) is 44.3 Å². The number of hydrogen-bond acceptors (Lipinski definition) is 6. The number of aryl methyl sites for hydroxylation is 1. The fraction of sp³-hybridized carbons (Fsp3) is 0.176. The van der Waals surface area contributed by atoms with E-state index in [0.717, 1.165) is 11.1 Å². The Morgan fingerprint density at radius 2 is 1.39 bits per heavy atom. The second-order valence-electron chi connectivity index (χ2n) is 10.4. The molecule has 1 amide bonds. The van der Waals surface area contributed by atoms with E-state index >= 15 is 0 Å². The molecule has 208 valence electrons. The highest BCUT2D eigenvalue weighted by Gasteiger charge is 2.28. The van der Waals surface area contributed by atoms with E-state index in [1.807, 2.05) is 74.5 Å². The monoisotopic (exact) mass is 549 g/mol. The van der Waals surface area contributed by atoms with E-state index in [4.69, 9.17) is 4.42 Å². The van der Waals surface area contributed by atoms with E-state index in [2.05, 4.69) is 5.32 Å². The zero-order valence-corrected chi connectivity index (χ0v) is 23.3. The molecule has 4 N–H and O–H groups in total. The lowest BCUT2D eigenvalue weighted by molar-refractivity contribution is 0.0963. The number of hydrogen-bond donors (Lipinski definition) is 4. The van der Waals surface area contributed by atoms with Crippen LogP contribution in [0.1, 0.15) is 35.5 Å². The van der Waals surface area contributed by atoms with E-state index in [-0.39, 0.29) is 39.7 Å². The fourth-order valence-electron chi connectivity index (χ4n) is 5.41. The minimum Gasteiger partial charge on any atom is -0.504 e. The Morgan fingerprint density at radius 1 is 0.805 bits per heavy atom. The van der Waals surface area contributed by atoms with Crippen LogP contribution in [-0.2, 0) is 6.42 Å². The quantitative estimate of drug-likeness (QED) is 0.173. The van der Waals surface area contributed by atoms with Gasteiger partial charge >= 0.3 is 0 Å². The van der Waals surface area contributed by atoms with Crippen LogP contribution in [-0.4, -0.2) is 28.3 Å². The Kier molecular flexibility index (Phi) is 7.28. The molecule has 0 radical (unpaired) electrons. The number of carbonyl (C=O) groups is 1. The van der Waals surface area contributed by atoms with E-state index in [1.54, 1.807) is 26.1 Å². The minimum atomic E-state index is -0.765.